The number of imide groups is 1. The summed E-state index contributed by atoms with van der Waals surface area (Å²) in [5, 5.41) is 4.91. The van der Waals surface area contributed by atoms with E-state index in [1.807, 2.05) is 0 Å². The molecular weight excluding hydrogens is 1020 g/mol. The number of halogens is 6. The Hall–Kier alpha value is -6.18. The molecule has 14 nitrogen and oxygen atoms in total. The van der Waals surface area contributed by atoms with Gasteiger partial charge in [-0.15, -0.1) is 22.7 Å². The Labute approximate surface area is 409 Å². The van der Waals surface area contributed by atoms with Crippen molar-refractivity contribution in [2.45, 2.75) is 74.0 Å². The van der Waals surface area contributed by atoms with E-state index in [4.69, 9.17) is 5.73 Å². The number of hydrogen-bond donors (Lipinski definition) is 5. The van der Waals surface area contributed by atoms with Gasteiger partial charge in [0.05, 0.1) is 21.7 Å². The van der Waals surface area contributed by atoms with E-state index >= 15 is 26.3 Å². The monoisotopic (exact) mass is 1060 g/mol. The molecule has 3 heterocycles. The number of alkyl halides is 6. The lowest BCUT2D eigenvalue weighted by atomic mass is 9.90. The molecule has 1 aliphatic heterocycles. The summed E-state index contributed by atoms with van der Waals surface area (Å²) >= 11 is 1.99. The van der Waals surface area contributed by atoms with Gasteiger partial charge in [-0.25, -0.2) is 0 Å². The number of nitrogens with two attached hydrogens (primary N) is 1. The molecule has 4 aromatic carbocycles. The van der Waals surface area contributed by atoms with Gasteiger partial charge in [-0.1, -0.05) is 30.3 Å². The summed E-state index contributed by atoms with van der Waals surface area (Å²) in [5.41, 5.74) is 1.60. The van der Waals surface area contributed by atoms with Crippen LogP contribution in [-0.2, 0) is 25.0 Å². The van der Waals surface area contributed by atoms with E-state index in [0.29, 0.717) is 28.0 Å². The zero-order valence-electron chi connectivity index (χ0n) is 37.4. The number of carbonyl (C=O) groups is 4. The average molecular weight is 1060 g/mol. The number of nitrogens with one attached hydrogen (secondary N) is 2. The molecule has 71 heavy (non-hydrogen) atoms. The van der Waals surface area contributed by atoms with Crippen LogP contribution in [0.3, 0.4) is 0 Å². The van der Waals surface area contributed by atoms with Crippen LogP contribution in [0, 0.1) is 20.8 Å². The van der Waals surface area contributed by atoms with Crippen molar-refractivity contribution in [2.24, 2.45) is 0 Å². The summed E-state index contributed by atoms with van der Waals surface area (Å²) in [6, 6.07) is 14.4. The first-order valence-electron chi connectivity index (χ1n) is 21.5. The molecule has 4 amide bonds. The lowest BCUT2D eigenvalue weighted by Gasteiger charge is -2.28. The molecule has 0 fully saturated rings. The van der Waals surface area contributed by atoms with Crippen molar-refractivity contribution in [2.75, 3.05) is 25.4 Å². The fourth-order valence-corrected chi connectivity index (χ4v) is 12.5. The van der Waals surface area contributed by atoms with E-state index in [0.717, 1.165) is 45.8 Å². The largest absolute Gasteiger partial charge is 0.397 e. The van der Waals surface area contributed by atoms with Gasteiger partial charge in [0.15, 0.2) is 0 Å². The summed E-state index contributed by atoms with van der Waals surface area (Å²) in [4.78, 5) is 52.2. The number of hydrogen-bond acceptors (Lipinski definition) is 11. The van der Waals surface area contributed by atoms with Crippen LogP contribution in [-0.4, -0.2) is 91.9 Å². The maximum absolute atomic E-state index is 15.9. The van der Waals surface area contributed by atoms with Crippen molar-refractivity contribution in [3.8, 4) is 10.4 Å². The van der Waals surface area contributed by atoms with Gasteiger partial charge in [0.25, 0.3) is 38.0 Å². The SMILES string of the molecule is Cc1sc(-c2ccc(C(=O)NCCC(=O)NCCCCCN3C(=O)c4cc(S(=O)(=O)O)cc5c(N)c(S(=O)(=O)O)cc(c45)C3=O)cc2)c(C)c1C1=C(c2c(C)sc3ccccc23)C(F)(F)C(F)(F)C1(F)F. The average Bonchev–Trinajstić information content (AvgIpc) is 3.81. The number of allylic oxidation sites excluding steroid dienone is 2. The highest BCUT2D eigenvalue weighted by Gasteiger charge is 2.80. The normalized spacial score (nSPS) is 16.4. The molecule has 0 saturated carbocycles. The lowest BCUT2D eigenvalue weighted by Crippen LogP contribution is -2.49. The van der Waals surface area contributed by atoms with Crippen molar-refractivity contribution in [3.05, 3.63) is 110 Å². The molecule has 2 aromatic heterocycles. The van der Waals surface area contributed by atoms with Crippen molar-refractivity contribution in [1.29, 1.82) is 0 Å². The highest BCUT2D eigenvalue weighted by Crippen LogP contribution is 2.67. The van der Waals surface area contributed by atoms with Crippen LogP contribution in [0.4, 0.5) is 32.0 Å². The number of amides is 4. The number of benzene rings is 4. The number of aryl methyl sites for hydroxylation is 2. The second-order valence-electron chi connectivity index (χ2n) is 16.9. The number of thiophene rings is 2. The van der Waals surface area contributed by atoms with Gasteiger partial charge in [0.1, 0.15) is 4.90 Å². The minimum Gasteiger partial charge on any atom is -0.397 e. The van der Waals surface area contributed by atoms with Gasteiger partial charge in [-0.3, -0.25) is 33.2 Å². The fourth-order valence-electron chi connectivity index (χ4n) is 9.04. The Morgan fingerprint density at radius 1 is 0.718 bits per heavy atom. The third-order valence-electron chi connectivity index (χ3n) is 12.4. The highest BCUT2D eigenvalue weighted by atomic mass is 32.2. The van der Waals surface area contributed by atoms with Crippen LogP contribution in [0.5, 0.6) is 0 Å². The summed E-state index contributed by atoms with van der Waals surface area (Å²) in [7, 11) is -9.99. The Morgan fingerprint density at radius 3 is 1.96 bits per heavy atom. The molecule has 8 rings (SSSR count). The first-order valence-corrected chi connectivity index (χ1v) is 26.0. The molecule has 0 atom stereocenters. The quantitative estimate of drug-likeness (QED) is 0.0214. The first kappa shape index (κ1) is 51.2. The zero-order valence-corrected chi connectivity index (χ0v) is 40.7. The fraction of sp³-hybridized carbons (Fsp3) is 0.277. The highest BCUT2D eigenvalue weighted by molar-refractivity contribution is 7.86. The third kappa shape index (κ3) is 8.66. The van der Waals surface area contributed by atoms with Gasteiger partial charge in [0.2, 0.25) is 5.91 Å². The molecule has 6 N–H and O–H groups in total. The minimum atomic E-state index is -5.73. The topological polar surface area (TPSA) is 230 Å². The predicted octanol–water partition coefficient (Wildman–Crippen LogP) is 9.32. The minimum absolute atomic E-state index is 0.0783. The van der Waals surface area contributed by atoms with Gasteiger partial charge in [-0.05, 0) is 87.6 Å². The second-order valence-corrected chi connectivity index (χ2v) is 22.2. The summed E-state index contributed by atoms with van der Waals surface area (Å²) in [5.74, 6) is -19.1. The van der Waals surface area contributed by atoms with Gasteiger partial charge in [-0.2, -0.15) is 43.2 Å². The molecule has 24 heteroatoms. The number of anilines is 1. The Morgan fingerprint density at radius 2 is 1.32 bits per heavy atom. The van der Waals surface area contributed by atoms with E-state index in [1.165, 1.54) is 57.2 Å². The van der Waals surface area contributed by atoms with Gasteiger partial charge < -0.3 is 16.4 Å². The maximum Gasteiger partial charge on any atom is 0.380 e. The number of carbonyl (C=O) groups excluding carboxylic acids is 4. The summed E-state index contributed by atoms with van der Waals surface area (Å²) in [6.45, 7) is 4.07. The standard InChI is InChI=1S/C47H40F6N4O10S4/c1-22-35(38-39(46(50,51)47(52,53)45(38,48)49)36-24(3)68-32-10-6-5-9-28(32)36)23(2)69-41(22)25-11-13-26(14-12-25)42(59)56-17-15-34(58)55-16-7-4-8-18-57-43(60)30-20-27(70(62,63)64)19-29-37(30)31(44(57)61)21-33(40(29)54)71(65,66)67/h5-6,9-14,19-21H,4,7-8,15-18,54H2,1-3H3,(H,55,58)(H,56,59)(H,62,63,64)(H,65,66,67). The number of rotatable bonds is 15. The summed E-state index contributed by atoms with van der Waals surface area (Å²) in [6.07, 6.45) is 0.764. The summed E-state index contributed by atoms with van der Waals surface area (Å²) < 4.78 is 162. The molecular formula is C47H40F6N4O10S4. The van der Waals surface area contributed by atoms with Crippen LogP contribution >= 0.6 is 22.7 Å². The first-order chi connectivity index (χ1) is 33.1. The second kappa shape index (κ2) is 18.1. The van der Waals surface area contributed by atoms with E-state index in [1.54, 1.807) is 12.1 Å². The molecule has 6 aromatic rings. The Bertz CT molecular complexity index is 3510. The Kier molecular flexibility index (Phi) is 13.1. The predicted molar refractivity (Wildman–Crippen MR) is 255 cm³/mol. The van der Waals surface area contributed by atoms with Gasteiger partial charge in [0, 0.05) is 89.4 Å². The zero-order chi connectivity index (χ0) is 51.9. The van der Waals surface area contributed by atoms with Gasteiger partial charge >= 0.3 is 17.8 Å². The van der Waals surface area contributed by atoms with Crippen molar-refractivity contribution in [3.63, 3.8) is 0 Å². The van der Waals surface area contributed by atoms with Crippen LogP contribution < -0.4 is 16.4 Å². The van der Waals surface area contributed by atoms with Crippen LogP contribution in [0.2, 0.25) is 0 Å². The van der Waals surface area contributed by atoms with E-state index < -0.39 is 93.8 Å². The molecule has 0 unspecified atom stereocenters. The number of nitrogen functional groups attached to an aromatic ring is 1. The number of nitrogens with zero attached hydrogens (tertiary/aromatic N) is 1. The maximum atomic E-state index is 15.9. The van der Waals surface area contributed by atoms with Crippen LogP contribution in [0.15, 0.2) is 76.5 Å². The molecule has 0 saturated heterocycles. The molecule has 0 spiro atoms. The smallest absolute Gasteiger partial charge is 0.380 e. The van der Waals surface area contributed by atoms with Crippen molar-refractivity contribution >= 4 is 104 Å². The van der Waals surface area contributed by atoms with Crippen LogP contribution in [0.25, 0.3) is 42.4 Å². The van der Waals surface area contributed by atoms with E-state index in [-0.39, 0.29) is 86.2 Å². The number of fused-ring (bicyclic) bond motifs is 1. The van der Waals surface area contributed by atoms with E-state index in [2.05, 4.69) is 10.6 Å². The molecule has 2 aliphatic rings. The van der Waals surface area contributed by atoms with Crippen LogP contribution in [0.1, 0.15) is 83.2 Å². The number of unbranched alkanes of at least 4 members (excludes halogenated alkanes) is 2. The molecule has 0 bridgehead atoms. The van der Waals surface area contributed by atoms with Crippen molar-refractivity contribution in [1.82, 2.24) is 15.5 Å². The van der Waals surface area contributed by atoms with E-state index in [9.17, 15) is 45.1 Å². The third-order valence-corrected chi connectivity index (χ3v) is 16.5. The lowest BCUT2D eigenvalue weighted by molar-refractivity contribution is -0.254. The van der Waals surface area contributed by atoms with Crippen molar-refractivity contribution < 1.29 is 71.5 Å². The molecule has 374 valence electrons. The molecule has 0 radical (unpaired) electrons. The molecule has 1 aliphatic carbocycles. The Balaban J connectivity index is 0.864.